The highest BCUT2D eigenvalue weighted by Crippen LogP contribution is 2.33. The number of hydrogen-bond donors (Lipinski definition) is 0. The summed E-state index contributed by atoms with van der Waals surface area (Å²) < 4.78 is 26.9. The zero-order valence-corrected chi connectivity index (χ0v) is 16.7. The molecule has 0 unspecified atom stereocenters. The summed E-state index contributed by atoms with van der Waals surface area (Å²) in [5.41, 5.74) is 1.85. The van der Waals surface area contributed by atoms with E-state index in [-0.39, 0.29) is 5.91 Å². The molecule has 1 aliphatic heterocycles. The smallest absolute Gasteiger partial charge is 0.243 e. The predicted octanol–water partition coefficient (Wildman–Crippen LogP) is 3.58. The molecule has 0 spiro atoms. The molecule has 0 atom stereocenters. The molecule has 2 aliphatic rings. The second-order valence-electron chi connectivity index (χ2n) is 7.36. The Balaban J connectivity index is 1.72. The minimum Gasteiger partial charge on any atom is -0.312 e. The Kier molecular flexibility index (Phi) is 6.03. The van der Waals surface area contributed by atoms with E-state index in [1.54, 1.807) is 12.1 Å². The number of nitrogens with zero attached hydrogens (tertiary/aromatic N) is 2. The molecule has 6 heteroatoms. The van der Waals surface area contributed by atoms with E-state index in [0.29, 0.717) is 36.9 Å². The van der Waals surface area contributed by atoms with Crippen molar-refractivity contribution in [2.24, 2.45) is 5.92 Å². The lowest BCUT2D eigenvalue weighted by Crippen LogP contribution is -2.30. The first kappa shape index (κ1) is 19.4. The first-order chi connectivity index (χ1) is 12.5. The lowest BCUT2D eigenvalue weighted by atomic mass is 10.0. The molecule has 1 heterocycles. The minimum absolute atomic E-state index is 0.176. The zero-order chi connectivity index (χ0) is 18.7. The van der Waals surface area contributed by atoms with Crippen molar-refractivity contribution in [2.45, 2.75) is 63.7 Å². The predicted molar refractivity (Wildman–Crippen MR) is 104 cm³/mol. The zero-order valence-electron chi connectivity index (χ0n) is 15.9. The van der Waals surface area contributed by atoms with Gasteiger partial charge in [0.25, 0.3) is 0 Å². The fourth-order valence-corrected chi connectivity index (χ4v) is 5.78. The molecule has 1 saturated carbocycles. The van der Waals surface area contributed by atoms with Crippen molar-refractivity contribution in [1.29, 1.82) is 0 Å². The number of hydrogen-bond acceptors (Lipinski definition) is 3. The summed E-state index contributed by atoms with van der Waals surface area (Å²) in [7, 11) is -3.45. The molecule has 0 aromatic heterocycles. The van der Waals surface area contributed by atoms with Crippen LogP contribution in [0.25, 0.3) is 0 Å². The van der Waals surface area contributed by atoms with Gasteiger partial charge in [0.05, 0.1) is 4.90 Å². The van der Waals surface area contributed by atoms with E-state index >= 15 is 0 Å². The van der Waals surface area contributed by atoms with Crippen LogP contribution in [0.4, 0.5) is 5.69 Å². The van der Waals surface area contributed by atoms with E-state index in [1.165, 1.54) is 30.0 Å². The number of carbonyl (C=O) groups is 1. The normalized spacial score (nSPS) is 17.9. The number of carbonyl (C=O) groups excluding carboxylic acids is 1. The summed E-state index contributed by atoms with van der Waals surface area (Å²) in [6, 6.07) is 5.22. The molecule has 1 fully saturated rings. The van der Waals surface area contributed by atoms with E-state index < -0.39 is 10.0 Å². The van der Waals surface area contributed by atoms with Crippen molar-refractivity contribution in [3.63, 3.8) is 0 Å². The van der Waals surface area contributed by atoms with Crippen LogP contribution in [0.15, 0.2) is 23.1 Å². The minimum atomic E-state index is -3.45. The van der Waals surface area contributed by atoms with Gasteiger partial charge in [0.15, 0.2) is 0 Å². The molecule has 0 bridgehead atoms. The van der Waals surface area contributed by atoms with Gasteiger partial charge in [0, 0.05) is 31.7 Å². The first-order valence-corrected chi connectivity index (χ1v) is 11.3. The van der Waals surface area contributed by atoms with E-state index in [0.717, 1.165) is 24.1 Å². The second-order valence-corrected chi connectivity index (χ2v) is 9.30. The van der Waals surface area contributed by atoms with Crippen LogP contribution in [0.2, 0.25) is 0 Å². The Hall–Kier alpha value is -1.40. The van der Waals surface area contributed by atoms with Crippen molar-refractivity contribution in [3.8, 4) is 0 Å². The maximum Gasteiger partial charge on any atom is 0.243 e. The number of amides is 1. The third-order valence-electron chi connectivity index (χ3n) is 5.83. The van der Waals surface area contributed by atoms with Gasteiger partial charge in [-0.25, -0.2) is 8.42 Å². The summed E-state index contributed by atoms with van der Waals surface area (Å²) in [5, 5.41) is 0. The Morgan fingerprint density at radius 1 is 1.19 bits per heavy atom. The summed E-state index contributed by atoms with van der Waals surface area (Å²) in [6.45, 7) is 5.27. The van der Waals surface area contributed by atoms with E-state index in [1.807, 2.05) is 24.8 Å². The Morgan fingerprint density at radius 3 is 2.54 bits per heavy atom. The van der Waals surface area contributed by atoms with Crippen LogP contribution >= 0.6 is 0 Å². The molecule has 5 nitrogen and oxygen atoms in total. The van der Waals surface area contributed by atoms with E-state index in [9.17, 15) is 13.2 Å². The van der Waals surface area contributed by atoms with E-state index in [2.05, 4.69) is 0 Å². The molecular weight excluding hydrogens is 348 g/mol. The van der Waals surface area contributed by atoms with Gasteiger partial charge < -0.3 is 4.90 Å². The van der Waals surface area contributed by atoms with Crippen LogP contribution in [0.1, 0.15) is 57.9 Å². The van der Waals surface area contributed by atoms with Gasteiger partial charge in [0.2, 0.25) is 15.9 Å². The Labute approximate surface area is 157 Å². The maximum absolute atomic E-state index is 12.7. The van der Waals surface area contributed by atoms with Gasteiger partial charge >= 0.3 is 0 Å². The molecule has 0 N–H and O–H groups in total. The van der Waals surface area contributed by atoms with Gasteiger partial charge in [-0.2, -0.15) is 4.31 Å². The topological polar surface area (TPSA) is 57.7 Å². The molecule has 1 aromatic rings. The van der Waals surface area contributed by atoms with Gasteiger partial charge in [-0.1, -0.05) is 39.5 Å². The molecule has 0 radical (unpaired) electrons. The third kappa shape index (κ3) is 3.81. The van der Waals surface area contributed by atoms with Crippen LogP contribution in [0, 0.1) is 5.92 Å². The highest BCUT2D eigenvalue weighted by atomic mass is 32.2. The van der Waals surface area contributed by atoms with Crippen LogP contribution < -0.4 is 4.90 Å². The fraction of sp³-hybridized carbons (Fsp3) is 0.650. The van der Waals surface area contributed by atoms with Crippen molar-refractivity contribution in [2.75, 3.05) is 24.5 Å². The van der Waals surface area contributed by atoms with E-state index in [4.69, 9.17) is 0 Å². The number of benzene rings is 1. The number of sulfonamides is 1. The third-order valence-corrected chi connectivity index (χ3v) is 7.88. The monoisotopic (exact) mass is 378 g/mol. The van der Waals surface area contributed by atoms with Crippen molar-refractivity contribution >= 4 is 21.6 Å². The molecule has 1 aromatic carbocycles. The van der Waals surface area contributed by atoms with Gasteiger partial charge in [-0.3, -0.25) is 4.79 Å². The summed E-state index contributed by atoms with van der Waals surface area (Å²) >= 11 is 0. The SMILES string of the molecule is CCN(CC)S(=O)(=O)c1ccc2c(c1)CCN2C(=O)CCC1CCCC1. The van der Waals surface area contributed by atoms with Crippen molar-refractivity contribution in [1.82, 2.24) is 4.31 Å². The van der Waals surface area contributed by atoms with Crippen molar-refractivity contribution in [3.05, 3.63) is 23.8 Å². The van der Waals surface area contributed by atoms with Crippen LogP contribution in [0.3, 0.4) is 0 Å². The second kappa shape index (κ2) is 8.09. The fourth-order valence-electron chi connectivity index (χ4n) is 4.27. The Morgan fingerprint density at radius 2 is 1.88 bits per heavy atom. The Bertz CT molecular complexity index is 750. The van der Waals surface area contributed by atoms with Crippen LogP contribution in [0.5, 0.6) is 0 Å². The van der Waals surface area contributed by atoms with Crippen LogP contribution in [-0.2, 0) is 21.2 Å². The largest absolute Gasteiger partial charge is 0.312 e. The maximum atomic E-state index is 12.7. The standard InChI is InChI=1S/C20H30N2O3S/c1-3-21(4-2)26(24,25)18-10-11-19-17(15-18)13-14-22(19)20(23)12-9-16-7-5-6-8-16/h10-11,15-16H,3-9,12-14H2,1-2H3. The van der Waals surface area contributed by atoms with Gasteiger partial charge in [-0.15, -0.1) is 0 Å². The summed E-state index contributed by atoms with van der Waals surface area (Å²) in [4.78, 5) is 14.8. The van der Waals surface area contributed by atoms with Crippen LogP contribution in [-0.4, -0.2) is 38.3 Å². The average molecular weight is 379 g/mol. The number of rotatable bonds is 7. The quantitative estimate of drug-likeness (QED) is 0.729. The molecular formula is C20H30N2O3S. The summed E-state index contributed by atoms with van der Waals surface area (Å²) in [6.07, 6.45) is 7.44. The number of anilines is 1. The molecule has 3 rings (SSSR count). The first-order valence-electron chi connectivity index (χ1n) is 9.90. The highest BCUT2D eigenvalue weighted by Gasteiger charge is 2.28. The molecule has 1 aliphatic carbocycles. The molecule has 144 valence electrons. The molecule has 26 heavy (non-hydrogen) atoms. The highest BCUT2D eigenvalue weighted by molar-refractivity contribution is 7.89. The number of fused-ring (bicyclic) bond motifs is 1. The van der Waals surface area contributed by atoms with Crippen molar-refractivity contribution < 1.29 is 13.2 Å². The summed E-state index contributed by atoms with van der Waals surface area (Å²) in [5.74, 6) is 0.887. The molecule has 1 amide bonds. The molecule has 0 saturated heterocycles. The lowest BCUT2D eigenvalue weighted by Gasteiger charge is -2.20. The average Bonchev–Trinajstić information content (AvgIpc) is 3.29. The van der Waals surface area contributed by atoms with Gasteiger partial charge in [-0.05, 0) is 42.5 Å². The van der Waals surface area contributed by atoms with Gasteiger partial charge in [0.1, 0.15) is 0 Å². The lowest BCUT2D eigenvalue weighted by molar-refractivity contribution is -0.118.